The Morgan fingerprint density at radius 3 is 2.11 bits per heavy atom. The van der Waals surface area contributed by atoms with Crippen LogP contribution in [0.4, 0.5) is 0 Å². The predicted molar refractivity (Wildman–Crippen MR) is 76.0 cm³/mol. The van der Waals surface area contributed by atoms with Gasteiger partial charge in [-0.25, -0.2) is 0 Å². The molecule has 0 bridgehead atoms. The van der Waals surface area contributed by atoms with Crippen molar-refractivity contribution in [2.24, 2.45) is 5.92 Å². The summed E-state index contributed by atoms with van der Waals surface area (Å²) >= 11 is 0. The van der Waals surface area contributed by atoms with Crippen LogP contribution in [0.2, 0.25) is 0 Å². The highest BCUT2D eigenvalue weighted by atomic mass is 16.5. The van der Waals surface area contributed by atoms with E-state index < -0.39 is 0 Å². The maximum absolute atomic E-state index is 11.5. The number of ether oxygens (including phenoxy) is 1. The van der Waals surface area contributed by atoms with Crippen LogP contribution in [-0.2, 0) is 9.53 Å². The lowest BCUT2D eigenvalue weighted by Crippen LogP contribution is -2.47. The molecule has 1 saturated heterocycles. The van der Waals surface area contributed by atoms with Crippen LogP contribution in [0.15, 0.2) is 0 Å². The number of piperidine rings is 1. The Labute approximate surface area is 117 Å². The molecule has 0 aromatic rings. The number of carbonyl (C=O) groups excluding carboxylic acids is 1. The summed E-state index contributed by atoms with van der Waals surface area (Å²) in [5.41, 5.74) is 0. The van der Waals surface area contributed by atoms with E-state index in [1.165, 1.54) is 33.0 Å². The fourth-order valence-electron chi connectivity index (χ4n) is 3.59. The lowest BCUT2D eigenvalue weighted by Gasteiger charge is -2.41. The summed E-state index contributed by atoms with van der Waals surface area (Å²) in [6, 6.07) is 1.39. The Morgan fingerprint density at radius 1 is 1.05 bits per heavy atom. The van der Waals surface area contributed by atoms with Crippen LogP contribution in [0.5, 0.6) is 0 Å². The molecule has 110 valence electrons. The molecule has 0 atom stereocenters. The average Bonchev–Trinajstić information content (AvgIpc) is 2.46. The third-order valence-corrected chi connectivity index (χ3v) is 5.07. The van der Waals surface area contributed by atoms with E-state index >= 15 is 0 Å². The van der Waals surface area contributed by atoms with Crippen molar-refractivity contribution >= 4 is 5.97 Å². The maximum atomic E-state index is 11.5. The molecule has 2 rings (SSSR count). The number of methoxy groups -OCH3 is 1. The first-order chi connectivity index (χ1) is 9.11. The van der Waals surface area contributed by atoms with Gasteiger partial charge in [0.2, 0.25) is 0 Å². The quantitative estimate of drug-likeness (QED) is 0.730. The van der Waals surface area contributed by atoms with Gasteiger partial charge in [0.1, 0.15) is 0 Å². The standard InChI is InChI=1S/C15H28N2O2/c1-16-10-8-14(9-11-16)17(2)13-6-4-12(5-7-13)15(18)19-3/h12-14H,4-11H2,1-3H3. The second-order valence-corrected chi connectivity index (χ2v) is 6.23. The fraction of sp³-hybridized carbons (Fsp3) is 0.933. The summed E-state index contributed by atoms with van der Waals surface area (Å²) in [7, 11) is 5.98. The maximum Gasteiger partial charge on any atom is 0.308 e. The first-order valence-electron chi connectivity index (χ1n) is 7.60. The lowest BCUT2D eigenvalue weighted by molar-refractivity contribution is -0.147. The van der Waals surface area contributed by atoms with Gasteiger partial charge in [-0.3, -0.25) is 4.79 Å². The lowest BCUT2D eigenvalue weighted by atomic mass is 9.84. The highest BCUT2D eigenvalue weighted by Crippen LogP contribution is 2.30. The molecule has 4 heteroatoms. The first kappa shape index (κ1) is 14.8. The number of likely N-dealkylation sites (tertiary alicyclic amines) is 1. The van der Waals surface area contributed by atoms with Crippen LogP contribution in [0.25, 0.3) is 0 Å². The number of hydrogen-bond acceptors (Lipinski definition) is 4. The molecule has 19 heavy (non-hydrogen) atoms. The number of hydrogen-bond donors (Lipinski definition) is 0. The zero-order chi connectivity index (χ0) is 13.8. The highest BCUT2D eigenvalue weighted by Gasteiger charge is 2.31. The SMILES string of the molecule is COC(=O)C1CCC(N(C)C2CCN(C)CC2)CC1. The zero-order valence-corrected chi connectivity index (χ0v) is 12.6. The van der Waals surface area contributed by atoms with Gasteiger partial charge in [-0.15, -0.1) is 0 Å². The summed E-state index contributed by atoms with van der Waals surface area (Å²) in [6.45, 7) is 2.43. The van der Waals surface area contributed by atoms with Gasteiger partial charge in [-0.2, -0.15) is 0 Å². The van der Waals surface area contributed by atoms with Crippen molar-refractivity contribution in [1.29, 1.82) is 0 Å². The van der Waals surface area contributed by atoms with Crippen molar-refractivity contribution in [3.8, 4) is 0 Å². The average molecular weight is 268 g/mol. The Morgan fingerprint density at radius 2 is 1.58 bits per heavy atom. The summed E-state index contributed by atoms with van der Waals surface area (Å²) in [5.74, 6) is 0.132. The van der Waals surface area contributed by atoms with E-state index in [0.717, 1.165) is 31.7 Å². The van der Waals surface area contributed by atoms with Crippen LogP contribution in [0, 0.1) is 5.92 Å². The smallest absolute Gasteiger partial charge is 0.308 e. The van der Waals surface area contributed by atoms with Gasteiger partial charge >= 0.3 is 5.97 Å². The van der Waals surface area contributed by atoms with Crippen molar-refractivity contribution in [2.75, 3.05) is 34.3 Å². The van der Waals surface area contributed by atoms with Gasteiger partial charge in [0.05, 0.1) is 13.0 Å². The fourth-order valence-corrected chi connectivity index (χ4v) is 3.59. The second-order valence-electron chi connectivity index (χ2n) is 6.23. The van der Waals surface area contributed by atoms with Crippen molar-refractivity contribution in [1.82, 2.24) is 9.80 Å². The Kier molecular flexibility index (Phi) is 5.22. The van der Waals surface area contributed by atoms with E-state index in [1.54, 1.807) is 0 Å². The molecule has 0 aromatic heterocycles. The molecule has 2 aliphatic rings. The van der Waals surface area contributed by atoms with Crippen LogP contribution < -0.4 is 0 Å². The van der Waals surface area contributed by atoms with E-state index in [0.29, 0.717) is 6.04 Å². The van der Waals surface area contributed by atoms with E-state index in [1.807, 2.05) is 0 Å². The molecule has 0 aromatic carbocycles. The van der Waals surface area contributed by atoms with Crippen molar-refractivity contribution in [3.05, 3.63) is 0 Å². The largest absolute Gasteiger partial charge is 0.469 e. The minimum atomic E-state index is -0.0135. The van der Waals surface area contributed by atoms with Crippen molar-refractivity contribution in [2.45, 2.75) is 50.6 Å². The highest BCUT2D eigenvalue weighted by molar-refractivity contribution is 5.72. The Bertz CT molecular complexity index is 293. The third-order valence-electron chi connectivity index (χ3n) is 5.07. The minimum Gasteiger partial charge on any atom is -0.469 e. The summed E-state index contributed by atoms with van der Waals surface area (Å²) in [5, 5.41) is 0. The normalized spacial score (nSPS) is 30.5. The number of carbonyl (C=O) groups is 1. The number of esters is 1. The van der Waals surface area contributed by atoms with Crippen LogP contribution >= 0.6 is 0 Å². The summed E-state index contributed by atoms with van der Waals surface area (Å²) in [6.07, 6.45) is 6.83. The zero-order valence-electron chi connectivity index (χ0n) is 12.6. The molecule has 0 amide bonds. The summed E-state index contributed by atoms with van der Waals surface area (Å²) < 4.78 is 4.86. The molecular weight excluding hydrogens is 240 g/mol. The van der Waals surface area contributed by atoms with E-state index in [9.17, 15) is 4.79 Å². The molecule has 1 heterocycles. The molecule has 1 aliphatic carbocycles. The topological polar surface area (TPSA) is 32.8 Å². The van der Waals surface area contributed by atoms with Crippen molar-refractivity contribution in [3.63, 3.8) is 0 Å². The van der Waals surface area contributed by atoms with E-state index in [2.05, 4.69) is 23.9 Å². The molecule has 0 radical (unpaired) electrons. The third kappa shape index (κ3) is 3.69. The molecule has 0 unspecified atom stereocenters. The van der Waals surface area contributed by atoms with Crippen LogP contribution in [0.1, 0.15) is 38.5 Å². The molecule has 1 aliphatic heterocycles. The van der Waals surface area contributed by atoms with E-state index in [4.69, 9.17) is 4.74 Å². The van der Waals surface area contributed by atoms with Gasteiger partial charge in [0.25, 0.3) is 0 Å². The second kappa shape index (κ2) is 6.71. The summed E-state index contributed by atoms with van der Waals surface area (Å²) in [4.78, 5) is 16.5. The Hall–Kier alpha value is -0.610. The minimum absolute atomic E-state index is 0.0135. The number of nitrogens with zero attached hydrogens (tertiary/aromatic N) is 2. The molecule has 0 spiro atoms. The first-order valence-corrected chi connectivity index (χ1v) is 7.60. The molecule has 1 saturated carbocycles. The van der Waals surface area contributed by atoms with Crippen LogP contribution in [0.3, 0.4) is 0 Å². The van der Waals surface area contributed by atoms with Gasteiger partial charge < -0.3 is 14.5 Å². The van der Waals surface area contributed by atoms with Gasteiger partial charge in [0, 0.05) is 12.1 Å². The van der Waals surface area contributed by atoms with Crippen molar-refractivity contribution < 1.29 is 9.53 Å². The van der Waals surface area contributed by atoms with Gasteiger partial charge in [0.15, 0.2) is 0 Å². The van der Waals surface area contributed by atoms with Gasteiger partial charge in [-0.05, 0) is 65.7 Å². The van der Waals surface area contributed by atoms with Crippen LogP contribution in [-0.4, -0.2) is 62.1 Å². The van der Waals surface area contributed by atoms with Gasteiger partial charge in [-0.1, -0.05) is 0 Å². The molecule has 0 N–H and O–H groups in total. The Balaban J connectivity index is 1.79. The molecule has 2 fully saturated rings. The van der Waals surface area contributed by atoms with E-state index in [-0.39, 0.29) is 11.9 Å². The molecular formula is C15H28N2O2. The monoisotopic (exact) mass is 268 g/mol. The number of rotatable bonds is 3. The molecule has 4 nitrogen and oxygen atoms in total. The predicted octanol–water partition coefficient (Wildman–Crippen LogP) is 1.74.